The van der Waals surface area contributed by atoms with Gasteiger partial charge in [-0.2, -0.15) is 0 Å². The first-order valence-corrected chi connectivity index (χ1v) is 9.91. The molecule has 3 aromatic rings. The number of hydrogen-bond acceptors (Lipinski definition) is 4. The Hall–Kier alpha value is -3.51. The second kappa shape index (κ2) is 7.96. The van der Waals surface area contributed by atoms with Gasteiger partial charge in [0.2, 0.25) is 0 Å². The number of hydrogen-bond donors (Lipinski definition) is 1. The van der Waals surface area contributed by atoms with Crippen LogP contribution in [-0.4, -0.2) is 21.8 Å². The highest BCUT2D eigenvalue weighted by atomic mass is 35.5. The van der Waals surface area contributed by atoms with Gasteiger partial charge in [0.25, 0.3) is 11.7 Å². The van der Waals surface area contributed by atoms with Gasteiger partial charge in [-0.3, -0.25) is 19.5 Å². The Morgan fingerprint density at radius 2 is 1.87 bits per heavy atom. The molecule has 2 aromatic carbocycles. The van der Waals surface area contributed by atoms with Gasteiger partial charge in [0.15, 0.2) is 0 Å². The van der Waals surface area contributed by atoms with Crippen LogP contribution in [0.25, 0.3) is 5.76 Å². The summed E-state index contributed by atoms with van der Waals surface area (Å²) in [5, 5.41) is 11.5. The minimum atomic E-state index is -0.920. The number of aliphatic hydroxyl groups excluding tert-OH is 1. The highest BCUT2D eigenvalue weighted by Crippen LogP contribution is 2.43. The third-order valence-corrected chi connectivity index (χ3v) is 5.54. The van der Waals surface area contributed by atoms with Gasteiger partial charge in [0, 0.05) is 28.7 Å². The molecule has 1 atom stereocenters. The van der Waals surface area contributed by atoms with Crippen LogP contribution < -0.4 is 4.90 Å². The van der Waals surface area contributed by atoms with Gasteiger partial charge >= 0.3 is 0 Å². The van der Waals surface area contributed by atoms with Gasteiger partial charge in [-0.1, -0.05) is 23.7 Å². The van der Waals surface area contributed by atoms with Crippen molar-refractivity contribution in [1.29, 1.82) is 0 Å². The predicted molar refractivity (Wildman–Crippen MR) is 116 cm³/mol. The molecule has 1 aliphatic heterocycles. The summed E-state index contributed by atoms with van der Waals surface area (Å²) < 4.78 is 13.7. The monoisotopic (exact) mass is 436 g/mol. The van der Waals surface area contributed by atoms with Crippen molar-refractivity contribution in [3.63, 3.8) is 0 Å². The van der Waals surface area contributed by atoms with Crippen LogP contribution in [0, 0.1) is 19.7 Å². The maximum Gasteiger partial charge on any atom is 0.300 e. The topological polar surface area (TPSA) is 70.5 Å². The van der Waals surface area contributed by atoms with E-state index in [1.165, 1.54) is 29.3 Å². The van der Waals surface area contributed by atoms with E-state index >= 15 is 0 Å². The minimum absolute atomic E-state index is 0.0941. The summed E-state index contributed by atoms with van der Waals surface area (Å²) in [4.78, 5) is 31.7. The first-order valence-electron chi connectivity index (χ1n) is 9.53. The molecule has 1 saturated heterocycles. The van der Waals surface area contributed by atoms with E-state index in [0.717, 1.165) is 5.56 Å². The molecule has 0 aliphatic carbocycles. The molecule has 1 amide bonds. The fraction of sp³-hybridized carbons (Fsp3) is 0.125. The van der Waals surface area contributed by atoms with Crippen LogP contribution in [0.4, 0.5) is 10.1 Å². The number of aromatic nitrogens is 1. The largest absolute Gasteiger partial charge is 0.507 e. The standard InChI is InChI=1S/C24H18ClFN2O3/c1-13-5-7-17(25)11-19(13)28-21(16-4-3-9-27-12-16)20(23(30)24(28)31)22(29)15-6-8-18(26)14(2)10-15/h3-12,21,29H,1-2H3/b22-20+. The summed E-state index contributed by atoms with van der Waals surface area (Å²) in [5.74, 6) is -2.44. The number of anilines is 1. The quantitative estimate of drug-likeness (QED) is 0.351. The number of Topliss-reactive ketones (excluding diaryl/α,β-unsaturated/α-hetero) is 1. The third kappa shape index (κ3) is 3.59. The van der Waals surface area contributed by atoms with Gasteiger partial charge in [-0.15, -0.1) is 0 Å². The molecule has 5 nitrogen and oxygen atoms in total. The van der Waals surface area contributed by atoms with Crippen molar-refractivity contribution in [1.82, 2.24) is 4.98 Å². The molecule has 1 fully saturated rings. The molecule has 0 saturated carbocycles. The van der Waals surface area contributed by atoms with E-state index in [4.69, 9.17) is 11.6 Å². The zero-order valence-corrected chi connectivity index (χ0v) is 17.5. The van der Waals surface area contributed by atoms with E-state index in [9.17, 15) is 19.1 Å². The highest BCUT2D eigenvalue weighted by Gasteiger charge is 2.47. The lowest BCUT2D eigenvalue weighted by atomic mass is 9.95. The number of nitrogens with zero attached hydrogens (tertiary/aromatic N) is 2. The first kappa shape index (κ1) is 20.8. The van der Waals surface area contributed by atoms with Crippen LogP contribution in [0.5, 0.6) is 0 Å². The number of amides is 1. The van der Waals surface area contributed by atoms with Crippen molar-refractivity contribution < 1.29 is 19.1 Å². The molecule has 156 valence electrons. The third-order valence-electron chi connectivity index (χ3n) is 5.31. The molecule has 4 rings (SSSR count). The number of rotatable bonds is 3. The van der Waals surface area contributed by atoms with E-state index in [0.29, 0.717) is 21.8 Å². The molecule has 7 heteroatoms. The summed E-state index contributed by atoms with van der Waals surface area (Å²) in [7, 11) is 0. The number of aliphatic hydroxyl groups is 1. The van der Waals surface area contributed by atoms with Crippen LogP contribution in [0.1, 0.15) is 28.3 Å². The second-order valence-corrected chi connectivity index (χ2v) is 7.79. The van der Waals surface area contributed by atoms with Crippen molar-refractivity contribution in [2.45, 2.75) is 19.9 Å². The van der Waals surface area contributed by atoms with Gasteiger partial charge in [-0.05, 0) is 66.9 Å². The number of halogens is 2. The van der Waals surface area contributed by atoms with Crippen LogP contribution in [0.3, 0.4) is 0 Å². The van der Waals surface area contributed by atoms with E-state index in [-0.39, 0.29) is 16.9 Å². The lowest BCUT2D eigenvalue weighted by Crippen LogP contribution is -2.30. The Bertz CT molecular complexity index is 1240. The van der Waals surface area contributed by atoms with E-state index in [1.54, 1.807) is 50.4 Å². The van der Waals surface area contributed by atoms with E-state index in [2.05, 4.69) is 4.98 Å². The van der Waals surface area contributed by atoms with Crippen molar-refractivity contribution in [2.75, 3.05) is 4.90 Å². The van der Waals surface area contributed by atoms with E-state index in [1.807, 2.05) is 0 Å². The Morgan fingerprint density at radius 3 is 2.55 bits per heavy atom. The SMILES string of the molecule is Cc1cc(/C(O)=C2\C(=O)C(=O)N(c3cc(Cl)ccc3C)C2c2cccnc2)ccc1F. The lowest BCUT2D eigenvalue weighted by Gasteiger charge is -2.26. The molecule has 0 spiro atoms. The summed E-state index contributed by atoms with van der Waals surface area (Å²) in [6.45, 7) is 3.35. The van der Waals surface area contributed by atoms with Crippen molar-refractivity contribution in [3.8, 4) is 0 Å². The number of pyridine rings is 1. The highest BCUT2D eigenvalue weighted by molar-refractivity contribution is 6.52. The predicted octanol–water partition coefficient (Wildman–Crippen LogP) is 5.12. The second-order valence-electron chi connectivity index (χ2n) is 7.35. The summed E-state index contributed by atoms with van der Waals surface area (Å²) in [6, 6.07) is 11.5. The van der Waals surface area contributed by atoms with Gasteiger partial charge < -0.3 is 5.11 Å². The minimum Gasteiger partial charge on any atom is -0.507 e. The molecule has 0 radical (unpaired) electrons. The van der Waals surface area contributed by atoms with Crippen LogP contribution in [0.2, 0.25) is 5.02 Å². The Labute approximate surface area is 183 Å². The molecule has 1 unspecified atom stereocenters. The van der Waals surface area contributed by atoms with E-state index < -0.39 is 23.5 Å². The van der Waals surface area contributed by atoms with Crippen LogP contribution in [0.15, 0.2) is 66.5 Å². The molecule has 1 aromatic heterocycles. The zero-order chi connectivity index (χ0) is 22.3. The molecule has 1 N–H and O–H groups in total. The van der Waals surface area contributed by atoms with Gasteiger partial charge in [0.05, 0.1) is 11.6 Å². The average molecular weight is 437 g/mol. The molecular weight excluding hydrogens is 419 g/mol. The summed E-state index contributed by atoms with van der Waals surface area (Å²) >= 11 is 6.17. The number of benzene rings is 2. The molecule has 2 heterocycles. The maximum absolute atomic E-state index is 13.7. The average Bonchev–Trinajstić information content (AvgIpc) is 3.02. The van der Waals surface area contributed by atoms with Crippen molar-refractivity contribution in [2.24, 2.45) is 0 Å². The normalized spacial score (nSPS) is 17.9. The number of carbonyl (C=O) groups excluding carboxylic acids is 2. The molecule has 0 bridgehead atoms. The Balaban J connectivity index is 1.98. The lowest BCUT2D eigenvalue weighted by molar-refractivity contribution is -0.132. The van der Waals surface area contributed by atoms with Gasteiger partial charge in [0.1, 0.15) is 11.6 Å². The maximum atomic E-state index is 13.7. The van der Waals surface area contributed by atoms with Crippen molar-refractivity contribution >= 4 is 34.7 Å². The Kier molecular flexibility index (Phi) is 5.33. The fourth-order valence-corrected chi connectivity index (χ4v) is 3.89. The van der Waals surface area contributed by atoms with Gasteiger partial charge in [-0.25, -0.2) is 4.39 Å². The van der Waals surface area contributed by atoms with Crippen LogP contribution >= 0.6 is 11.6 Å². The van der Waals surface area contributed by atoms with Crippen molar-refractivity contribution in [3.05, 3.63) is 99.6 Å². The molecular formula is C24H18ClFN2O3. The summed E-state index contributed by atoms with van der Waals surface area (Å²) in [5.41, 5.74) is 2.19. The molecule has 1 aliphatic rings. The van der Waals surface area contributed by atoms with Crippen LogP contribution in [-0.2, 0) is 9.59 Å². The number of carbonyl (C=O) groups is 2. The summed E-state index contributed by atoms with van der Waals surface area (Å²) in [6.07, 6.45) is 3.11. The fourth-order valence-electron chi connectivity index (χ4n) is 3.72. The Morgan fingerprint density at radius 1 is 1.10 bits per heavy atom. The number of ketones is 1. The smallest absolute Gasteiger partial charge is 0.300 e. The first-order chi connectivity index (χ1) is 14.8. The zero-order valence-electron chi connectivity index (χ0n) is 16.8. The molecule has 31 heavy (non-hydrogen) atoms. The number of aryl methyl sites for hydroxylation is 2.